The van der Waals surface area contributed by atoms with Crippen LogP contribution in [0.2, 0.25) is 0 Å². The van der Waals surface area contributed by atoms with E-state index in [4.69, 9.17) is 5.26 Å². The molecule has 3 aromatic rings. The number of nitriles is 1. The van der Waals surface area contributed by atoms with Crippen LogP contribution in [-0.4, -0.2) is 14.5 Å². The number of hydrogen-bond donors (Lipinski definition) is 0. The molecule has 0 atom stereocenters. The van der Waals surface area contributed by atoms with Crippen molar-refractivity contribution in [1.82, 2.24) is 14.5 Å². The maximum absolute atomic E-state index is 8.89. The normalized spacial score (nSPS) is 10.4. The number of nitrogens with zero attached hydrogens (tertiary/aromatic N) is 4. The molecular formula is C14H10N4. The van der Waals surface area contributed by atoms with Gasteiger partial charge in [-0.2, -0.15) is 5.26 Å². The van der Waals surface area contributed by atoms with E-state index >= 15 is 0 Å². The largest absolute Gasteiger partial charge is 0.279 e. The zero-order valence-electron chi connectivity index (χ0n) is 9.61. The maximum atomic E-state index is 8.89. The van der Waals surface area contributed by atoms with Crippen molar-refractivity contribution in [2.24, 2.45) is 0 Å². The van der Waals surface area contributed by atoms with Gasteiger partial charge < -0.3 is 0 Å². The van der Waals surface area contributed by atoms with Crippen molar-refractivity contribution in [2.75, 3.05) is 0 Å². The summed E-state index contributed by atoms with van der Waals surface area (Å²) < 4.78 is 1.93. The molecule has 0 unspecified atom stereocenters. The molecule has 4 heteroatoms. The topological polar surface area (TPSA) is 54.5 Å². The Hall–Kier alpha value is -2.67. The highest BCUT2D eigenvalue weighted by atomic mass is 15.1. The number of rotatable bonds is 2. The van der Waals surface area contributed by atoms with Crippen molar-refractivity contribution in [2.45, 2.75) is 6.42 Å². The van der Waals surface area contributed by atoms with Gasteiger partial charge in [0.1, 0.15) is 11.6 Å². The molecule has 86 valence electrons. The Morgan fingerprint density at radius 2 is 1.94 bits per heavy atom. The Kier molecular flexibility index (Phi) is 2.50. The van der Waals surface area contributed by atoms with Gasteiger partial charge in [-0.3, -0.25) is 4.57 Å². The van der Waals surface area contributed by atoms with Gasteiger partial charge in [-0.15, -0.1) is 0 Å². The molecule has 18 heavy (non-hydrogen) atoms. The zero-order chi connectivity index (χ0) is 12.4. The first-order valence-electron chi connectivity index (χ1n) is 5.65. The van der Waals surface area contributed by atoms with Crippen LogP contribution in [0.3, 0.4) is 0 Å². The number of hydrogen-bond acceptors (Lipinski definition) is 3. The van der Waals surface area contributed by atoms with Gasteiger partial charge in [-0.1, -0.05) is 18.2 Å². The predicted octanol–water partition coefficient (Wildman–Crippen LogP) is 2.49. The summed E-state index contributed by atoms with van der Waals surface area (Å²) >= 11 is 0. The molecule has 0 saturated carbocycles. The molecule has 4 nitrogen and oxygen atoms in total. The van der Waals surface area contributed by atoms with E-state index in [9.17, 15) is 0 Å². The van der Waals surface area contributed by atoms with Crippen LogP contribution in [-0.2, 0) is 6.42 Å². The first-order valence-corrected chi connectivity index (χ1v) is 5.65. The minimum atomic E-state index is 0.269. The molecule has 0 saturated heterocycles. The number of para-hydroxylation sites is 2. The van der Waals surface area contributed by atoms with Crippen molar-refractivity contribution < 1.29 is 0 Å². The monoisotopic (exact) mass is 234 g/mol. The van der Waals surface area contributed by atoms with Crippen LogP contribution in [0.5, 0.6) is 0 Å². The van der Waals surface area contributed by atoms with E-state index in [-0.39, 0.29) is 6.42 Å². The van der Waals surface area contributed by atoms with E-state index in [1.165, 1.54) is 0 Å². The Balaban J connectivity index is 2.32. The van der Waals surface area contributed by atoms with Gasteiger partial charge >= 0.3 is 0 Å². The Morgan fingerprint density at radius 1 is 1.11 bits per heavy atom. The van der Waals surface area contributed by atoms with E-state index in [0.29, 0.717) is 0 Å². The molecule has 0 amide bonds. The second-order valence-electron chi connectivity index (χ2n) is 3.87. The van der Waals surface area contributed by atoms with Gasteiger partial charge in [-0.25, -0.2) is 9.97 Å². The third-order valence-electron chi connectivity index (χ3n) is 2.75. The van der Waals surface area contributed by atoms with Crippen LogP contribution in [0.1, 0.15) is 5.82 Å². The fourth-order valence-electron chi connectivity index (χ4n) is 2.01. The maximum Gasteiger partial charge on any atom is 0.138 e. The summed E-state index contributed by atoms with van der Waals surface area (Å²) in [7, 11) is 0. The van der Waals surface area contributed by atoms with Gasteiger partial charge in [0.25, 0.3) is 0 Å². The molecule has 0 N–H and O–H groups in total. The van der Waals surface area contributed by atoms with Crippen LogP contribution >= 0.6 is 0 Å². The molecule has 0 aliphatic heterocycles. The SMILES string of the molecule is N#CCc1nc2ccccc2n1-c1ccccn1. The molecule has 2 heterocycles. The molecule has 0 bridgehead atoms. The van der Waals surface area contributed by atoms with E-state index in [2.05, 4.69) is 16.0 Å². The average Bonchev–Trinajstić information content (AvgIpc) is 2.78. The van der Waals surface area contributed by atoms with Gasteiger partial charge in [0.2, 0.25) is 0 Å². The fraction of sp³-hybridized carbons (Fsp3) is 0.0714. The predicted molar refractivity (Wildman–Crippen MR) is 68.2 cm³/mol. The molecule has 0 radical (unpaired) electrons. The van der Waals surface area contributed by atoms with Crippen LogP contribution in [0.25, 0.3) is 16.9 Å². The highest BCUT2D eigenvalue weighted by Gasteiger charge is 2.11. The summed E-state index contributed by atoms with van der Waals surface area (Å²) in [5, 5.41) is 8.89. The molecule has 0 aliphatic carbocycles. The number of pyridine rings is 1. The van der Waals surface area contributed by atoms with Gasteiger partial charge in [-0.05, 0) is 24.3 Å². The van der Waals surface area contributed by atoms with Crippen molar-refractivity contribution in [1.29, 1.82) is 5.26 Å². The molecule has 0 fully saturated rings. The van der Waals surface area contributed by atoms with E-state index < -0.39 is 0 Å². The third-order valence-corrected chi connectivity index (χ3v) is 2.75. The average molecular weight is 234 g/mol. The molecule has 3 rings (SSSR count). The summed E-state index contributed by atoms with van der Waals surface area (Å²) in [5.74, 6) is 1.51. The van der Waals surface area contributed by atoms with Gasteiger partial charge in [0.15, 0.2) is 0 Å². The van der Waals surface area contributed by atoms with E-state index in [0.717, 1.165) is 22.7 Å². The lowest BCUT2D eigenvalue weighted by molar-refractivity contribution is 0.922. The molecule has 1 aromatic carbocycles. The third kappa shape index (κ3) is 1.62. The lowest BCUT2D eigenvalue weighted by atomic mass is 10.3. The Bertz CT molecular complexity index is 722. The minimum absolute atomic E-state index is 0.269. The molecular weight excluding hydrogens is 224 g/mol. The van der Waals surface area contributed by atoms with Crippen molar-refractivity contribution in [3.05, 3.63) is 54.5 Å². The number of benzene rings is 1. The molecule has 0 aliphatic rings. The Morgan fingerprint density at radius 3 is 2.72 bits per heavy atom. The van der Waals surface area contributed by atoms with Crippen molar-refractivity contribution in [3.63, 3.8) is 0 Å². The Labute approximate surface area is 104 Å². The highest BCUT2D eigenvalue weighted by Crippen LogP contribution is 2.20. The second-order valence-corrected chi connectivity index (χ2v) is 3.87. The van der Waals surface area contributed by atoms with Gasteiger partial charge in [0, 0.05) is 6.20 Å². The summed E-state index contributed by atoms with van der Waals surface area (Å²) in [5.41, 5.74) is 1.86. The number of imidazole rings is 1. The van der Waals surface area contributed by atoms with Crippen LogP contribution in [0, 0.1) is 11.3 Å². The number of aromatic nitrogens is 3. The first kappa shape index (κ1) is 10.5. The minimum Gasteiger partial charge on any atom is -0.279 e. The molecule has 0 spiro atoms. The summed E-state index contributed by atoms with van der Waals surface area (Å²) in [6.45, 7) is 0. The smallest absolute Gasteiger partial charge is 0.138 e. The van der Waals surface area contributed by atoms with Crippen LogP contribution in [0.4, 0.5) is 0 Å². The summed E-state index contributed by atoms with van der Waals surface area (Å²) in [6, 6.07) is 15.7. The lowest BCUT2D eigenvalue weighted by Crippen LogP contribution is -2.02. The molecule has 2 aromatic heterocycles. The van der Waals surface area contributed by atoms with E-state index in [1.54, 1.807) is 6.20 Å². The van der Waals surface area contributed by atoms with Gasteiger partial charge in [0.05, 0.1) is 23.5 Å². The summed E-state index contributed by atoms with van der Waals surface area (Å²) in [6.07, 6.45) is 2.01. The van der Waals surface area contributed by atoms with Crippen LogP contribution < -0.4 is 0 Å². The highest BCUT2D eigenvalue weighted by molar-refractivity contribution is 5.77. The van der Waals surface area contributed by atoms with Crippen molar-refractivity contribution in [3.8, 4) is 11.9 Å². The number of fused-ring (bicyclic) bond motifs is 1. The first-order chi connectivity index (χ1) is 8.90. The van der Waals surface area contributed by atoms with Crippen molar-refractivity contribution >= 4 is 11.0 Å². The fourth-order valence-corrected chi connectivity index (χ4v) is 2.01. The second kappa shape index (κ2) is 4.30. The zero-order valence-corrected chi connectivity index (χ0v) is 9.61. The lowest BCUT2D eigenvalue weighted by Gasteiger charge is -2.05. The van der Waals surface area contributed by atoms with E-state index in [1.807, 2.05) is 47.0 Å². The standard InChI is InChI=1S/C14H10N4/c15-9-8-14-17-11-5-1-2-6-12(11)18(14)13-7-3-4-10-16-13/h1-7,10H,8H2. The quantitative estimate of drug-likeness (QED) is 0.684. The van der Waals surface area contributed by atoms with Crippen LogP contribution in [0.15, 0.2) is 48.7 Å². The summed E-state index contributed by atoms with van der Waals surface area (Å²) in [4.78, 5) is 8.81.